The van der Waals surface area contributed by atoms with Gasteiger partial charge in [-0.25, -0.2) is 0 Å². The Morgan fingerprint density at radius 3 is 0.609 bits per heavy atom. The minimum atomic E-state index is 1.09. The maximum absolute atomic E-state index is 3.87. The fraction of sp³-hybridized carbons (Fsp3) is 0.0455. The molecule has 0 aliphatic carbocycles. The lowest BCUT2D eigenvalue weighted by Crippen LogP contribution is -2.15. The van der Waals surface area contributed by atoms with E-state index in [0.717, 1.165) is 54.2 Å². The van der Waals surface area contributed by atoms with Crippen LogP contribution in [0, 0.1) is 27.7 Å². The molecule has 2 nitrogen and oxygen atoms in total. The van der Waals surface area contributed by atoms with Gasteiger partial charge in [-0.1, -0.05) is 241 Å². The molecule has 0 fully saturated rings. The van der Waals surface area contributed by atoms with Crippen LogP contribution in [0.1, 0.15) is 44.5 Å². The summed E-state index contributed by atoms with van der Waals surface area (Å²) < 4.78 is 2.32. The minimum absolute atomic E-state index is 1.09. The van der Waals surface area contributed by atoms with Gasteiger partial charge in [0.15, 0.2) is 0 Å². The van der Waals surface area contributed by atoms with E-state index in [-0.39, 0.29) is 0 Å². The highest BCUT2D eigenvalue weighted by Crippen LogP contribution is 2.53. The zero-order chi connectivity index (χ0) is 62.4. The maximum atomic E-state index is 3.87. The number of aryl methyl sites for hydroxylation is 4. The smallest absolute Gasteiger partial charge is 0.0620 e. The lowest BCUT2D eigenvalue weighted by atomic mass is 9.91. The van der Waals surface area contributed by atoms with Crippen molar-refractivity contribution in [3.8, 4) is 0 Å². The van der Waals surface area contributed by atoms with Crippen molar-refractivity contribution in [3.05, 3.63) is 345 Å². The lowest BCUT2D eigenvalue weighted by Gasteiger charge is -2.33. The average molecular weight is 1310 g/mol. The van der Waals surface area contributed by atoms with Crippen LogP contribution < -0.4 is 9.80 Å². The van der Waals surface area contributed by atoms with Crippen LogP contribution >= 0.6 is 31.9 Å². The second kappa shape index (κ2) is 24.8. The van der Waals surface area contributed by atoms with E-state index < -0.39 is 0 Å². The first-order valence-corrected chi connectivity index (χ1v) is 33.0. The Bertz CT molecular complexity index is 5000. The molecule has 440 valence electrons. The number of anilines is 6. The zero-order valence-electron chi connectivity index (χ0n) is 51.7. The summed E-state index contributed by atoms with van der Waals surface area (Å²) in [7, 11) is 0. The van der Waals surface area contributed by atoms with E-state index in [1.807, 2.05) is 0 Å². The number of hydrogen-bond donors (Lipinski definition) is 0. The molecule has 0 amide bonds. The molecule has 0 unspecified atom stereocenters. The van der Waals surface area contributed by atoms with Crippen LogP contribution in [-0.2, 0) is 0 Å². The molecule has 0 heterocycles. The molecule has 0 saturated heterocycles. The number of hydrogen-bond acceptors (Lipinski definition) is 2. The summed E-state index contributed by atoms with van der Waals surface area (Å²) in [5, 5.41) is 19.4. The summed E-state index contributed by atoms with van der Waals surface area (Å²) in [6.45, 7) is 8.57. The van der Waals surface area contributed by atoms with Crippen molar-refractivity contribution in [3.63, 3.8) is 0 Å². The first kappa shape index (κ1) is 58.0. The molecule has 0 aliphatic heterocycles. The van der Waals surface area contributed by atoms with Gasteiger partial charge >= 0.3 is 0 Å². The Morgan fingerprint density at radius 1 is 0.217 bits per heavy atom. The second-order valence-electron chi connectivity index (χ2n) is 24.3. The standard InChI is InChI=1S/C66H52N2.C22H12Br2/c1-45-13-21-49(22-14-45)25-27-51-29-37-59(38-30-51)67(57-33-17-47(3)18-34-57)65-61-41-53-9-5-7-11-55(53)43-63(61)66(64-44-56-12-8-6-10-54(56)42-62(64)65)68(58-35-19-48(4)20-36-58)60-39-31-52(32-40-60)28-26-50-23-15-46(2)16-24-50;23-21-17-9-13-5-1-2-6-14(13)10-18(17)22(24)20-12-16-8-4-3-7-15(16)11-19(20)21/h5-44H,1-4H3;1-12H. The number of fused-ring (bicyclic) bond motifs is 8. The largest absolute Gasteiger partial charge is 0.309 e. The summed E-state index contributed by atoms with van der Waals surface area (Å²) in [6.07, 6.45) is 8.79. The predicted molar refractivity (Wildman–Crippen MR) is 407 cm³/mol. The number of nitrogens with zero attached hydrogens (tertiary/aromatic N) is 2. The SMILES string of the molecule is Brc1c2cc3ccccc3cc2c(Br)c2cc3ccccc3cc12.Cc1ccc(C=Cc2ccc(N(c3ccc(C)cc3)c3c4cc5ccccc5cc4c(N(c4ccc(C)cc4)c4ccc(C=Cc5ccc(C)cc5)cc4)c4cc5ccccc5cc34)cc2)cc1. The van der Waals surface area contributed by atoms with E-state index in [1.54, 1.807) is 0 Å². The van der Waals surface area contributed by atoms with E-state index in [2.05, 4.69) is 385 Å². The number of benzene rings is 16. The summed E-state index contributed by atoms with van der Waals surface area (Å²) >= 11 is 7.73. The van der Waals surface area contributed by atoms with Crippen molar-refractivity contribution in [2.24, 2.45) is 0 Å². The van der Waals surface area contributed by atoms with Crippen molar-refractivity contribution in [1.82, 2.24) is 0 Å². The second-order valence-corrected chi connectivity index (χ2v) is 25.9. The number of halogens is 2. The first-order chi connectivity index (χ1) is 45.0. The quantitative estimate of drug-likeness (QED) is 0.0765. The number of rotatable bonds is 10. The van der Waals surface area contributed by atoms with Crippen molar-refractivity contribution in [1.29, 1.82) is 0 Å². The van der Waals surface area contributed by atoms with Gasteiger partial charge in [-0.15, -0.1) is 0 Å². The monoisotopic (exact) mass is 1310 g/mol. The average Bonchev–Trinajstić information content (AvgIpc) is 0.723. The van der Waals surface area contributed by atoms with Gasteiger partial charge in [0.05, 0.1) is 11.4 Å². The molecule has 4 heteroatoms. The van der Waals surface area contributed by atoms with Gasteiger partial charge in [-0.05, 0) is 244 Å². The highest BCUT2D eigenvalue weighted by molar-refractivity contribution is 9.11. The molecule has 0 saturated carbocycles. The summed E-state index contributed by atoms with van der Waals surface area (Å²) in [5.41, 5.74) is 16.3. The van der Waals surface area contributed by atoms with Crippen LogP contribution in [0.5, 0.6) is 0 Å². The van der Waals surface area contributed by atoms with Gasteiger partial charge < -0.3 is 9.80 Å². The van der Waals surface area contributed by atoms with Crippen molar-refractivity contribution < 1.29 is 0 Å². The van der Waals surface area contributed by atoms with Crippen LogP contribution in [0.3, 0.4) is 0 Å². The Kier molecular flexibility index (Phi) is 15.6. The summed E-state index contributed by atoms with van der Waals surface area (Å²) in [5.74, 6) is 0. The van der Waals surface area contributed by atoms with Crippen LogP contribution in [-0.4, -0.2) is 0 Å². The third kappa shape index (κ3) is 11.4. The molecule has 16 rings (SSSR count). The third-order valence-corrected chi connectivity index (χ3v) is 19.6. The molecule has 0 atom stereocenters. The van der Waals surface area contributed by atoms with Crippen molar-refractivity contribution in [2.75, 3.05) is 9.80 Å². The van der Waals surface area contributed by atoms with E-state index in [1.165, 1.54) is 120 Å². The molecule has 16 aromatic rings. The fourth-order valence-electron chi connectivity index (χ4n) is 12.9. The predicted octanol–water partition coefficient (Wildman–Crippen LogP) is 26.6. The Labute approximate surface area is 554 Å². The van der Waals surface area contributed by atoms with Crippen LogP contribution in [0.25, 0.3) is 110 Å². The minimum Gasteiger partial charge on any atom is -0.309 e. The van der Waals surface area contributed by atoms with Crippen molar-refractivity contribution >= 4 is 176 Å². The molecular formula is C88H64Br2N2. The fourth-order valence-corrected chi connectivity index (χ4v) is 14.3. The van der Waals surface area contributed by atoms with E-state index >= 15 is 0 Å². The van der Waals surface area contributed by atoms with Crippen molar-refractivity contribution in [2.45, 2.75) is 27.7 Å². The van der Waals surface area contributed by atoms with E-state index in [9.17, 15) is 0 Å². The summed E-state index contributed by atoms with van der Waals surface area (Å²) in [4.78, 5) is 4.96. The molecule has 0 N–H and O–H groups in total. The summed E-state index contributed by atoms with van der Waals surface area (Å²) in [6, 6.07) is 107. The first-order valence-electron chi connectivity index (χ1n) is 31.4. The normalized spacial score (nSPS) is 11.7. The molecule has 0 aromatic heterocycles. The molecule has 0 bridgehead atoms. The van der Waals surface area contributed by atoms with Gasteiger partial charge in [0.1, 0.15) is 0 Å². The highest BCUT2D eigenvalue weighted by atomic mass is 79.9. The van der Waals surface area contributed by atoms with Gasteiger partial charge in [-0.3, -0.25) is 0 Å². The molecule has 0 spiro atoms. The maximum Gasteiger partial charge on any atom is 0.0620 e. The van der Waals surface area contributed by atoms with Crippen LogP contribution in [0.15, 0.2) is 300 Å². The Balaban J connectivity index is 0.000000243. The van der Waals surface area contributed by atoms with Crippen LogP contribution in [0.4, 0.5) is 34.1 Å². The highest BCUT2D eigenvalue weighted by Gasteiger charge is 2.27. The molecule has 16 aromatic carbocycles. The van der Waals surface area contributed by atoms with Crippen LogP contribution in [0.2, 0.25) is 0 Å². The van der Waals surface area contributed by atoms with Gasteiger partial charge in [-0.2, -0.15) is 0 Å². The lowest BCUT2D eigenvalue weighted by molar-refractivity contribution is 1.28. The third-order valence-electron chi connectivity index (χ3n) is 17.9. The van der Waals surface area contributed by atoms with E-state index in [4.69, 9.17) is 0 Å². The van der Waals surface area contributed by atoms with Gasteiger partial charge in [0.2, 0.25) is 0 Å². The van der Waals surface area contributed by atoms with Gasteiger partial charge in [0, 0.05) is 53.2 Å². The molecule has 0 aliphatic rings. The van der Waals surface area contributed by atoms with E-state index in [0.29, 0.717) is 0 Å². The molecule has 0 radical (unpaired) electrons. The Hall–Kier alpha value is -10.4. The molecule has 92 heavy (non-hydrogen) atoms. The zero-order valence-corrected chi connectivity index (χ0v) is 54.8. The van der Waals surface area contributed by atoms with Gasteiger partial charge in [0.25, 0.3) is 0 Å². The topological polar surface area (TPSA) is 6.48 Å². The Morgan fingerprint density at radius 2 is 0.391 bits per heavy atom. The molecular weight excluding hydrogens is 1240 g/mol.